The van der Waals surface area contributed by atoms with Gasteiger partial charge in [0.2, 0.25) is 0 Å². The van der Waals surface area contributed by atoms with Crippen molar-refractivity contribution in [1.29, 1.82) is 5.26 Å². The van der Waals surface area contributed by atoms with Crippen molar-refractivity contribution in [2.75, 3.05) is 13.1 Å². The number of fused-ring (bicyclic) bond motifs is 1. The quantitative estimate of drug-likeness (QED) is 0.500. The zero-order valence-electron chi connectivity index (χ0n) is 6.76. The zero-order chi connectivity index (χ0) is 8.55. The maximum absolute atomic E-state index is 8.78. The van der Waals surface area contributed by atoms with Crippen molar-refractivity contribution < 1.29 is 0 Å². The first-order valence-electron chi connectivity index (χ1n) is 4.31. The summed E-state index contributed by atoms with van der Waals surface area (Å²) in [5.74, 6) is 0.882. The van der Waals surface area contributed by atoms with Crippen LogP contribution < -0.4 is 10.6 Å². The summed E-state index contributed by atoms with van der Waals surface area (Å²) in [6.45, 7) is 1.94. The number of halogens is 1. The van der Waals surface area contributed by atoms with Crippen molar-refractivity contribution in [3.05, 3.63) is 0 Å². The lowest BCUT2D eigenvalue weighted by Gasteiger charge is -2.30. The molecule has 0 aromatic rings. The molecule has 2 aliphatic heterocycles. The first kappa shape index (κ1) is 8.73. The van der Waals surface area contributed by atoms with Gasteiger partial charge in [-0.15, -0.1) is 0 Å². The topological polar surface area (TPSA) is 47.9 Å². The molecule has 12 heavy (non-hydrogen) atoms. The number of rotatable bonds is 0. The standard InChI is InChI=1S/C8H12IN3/c9-7-4-12-8-6(7)1-5(2-10)3-11-8/h5-8,11-12H,1,3-4H2. The van der Waals surface area contributed by atoms with Crippen LogP contribution in [0.25, 0.3) is 0 Å². The Hall–Kier alpha value is 0.140. The molecule has 2 saturated heterocycles. The van der Waals surface area contributed by atoms with Crippen LogP contribution in [0.4, 0.5) is 0 Å². The minimum Gasteiger partial charge on any atom is -0.301 e. The number of alkyl halides is 1. The van der Waals surface area contributed by atoms with Crippen molar-refractivity contribution in [3.8, 4) is 6.07 Å². The Morgan fingerprint density at radius 3 is 2.83 bits per heavy atom. The fourth-order valence-corrected chi connectivity index (χ4v) is 3.00. The van der Waals surface area contributed by atoms with Crippen molar-refractivity contribution in [2.24, 2.45) is 11.8 Å². The van der Waals surface area contributed by atoms with E-state index in [1.165, 1.54) is 0 Å². The summed E-state index contributed by atoms with van der Waals surface area (Å²) in [7, 11) is 0. The van der Waals surface area contributed by atoms with Crippen LogP contribution in [0, 0.1) is 23.2 Å². The first-order chi connectivity index (χ1) is 5.81. The molecule has 0 saturated carbocycles. The average molecular weight is 277 g/mol. The minimum atomic E-state index is 0.225. The summed E-state index contributed by atoms with van der Waals surface area (Å²) in [6.07, 6.45) is 1.53. The lowest BCUT2D eigenvalue weighted by molar-refractivity contribution is 0.270. The van der Waals surface area contributed by atoms with Crippen LogP contribution in [0.2, 0.25) is 0 Å². The fraction of sp³-hybridized carbons (Fsp3) is 0.875. The van der Waals surface area contributed by atoms with E-state index in [1.807, 2.05) is 0 Å². The second kappa shape index (κ2) is 3.48. The third-order valence-corrected chi connectivity index (χ3v) is 4.11. The van der Waals surface area contributed by atoms with Crippen molar-refractivity contribution in [1.82, 2.24) is 10.6 Å². The van der Waals surface area contributed by atoms with E-state index < -0.39 is 0 Å². The Labute approximate surface area is 86.0 Å². The fourth-order valence-electron chi connectivity index (χ4n) is 2.04. The maximum Gasteiger partial charge on any atom is 0.0669 e. The highest BCUT2D eigenvalue weighted by Gasteiger charge is 2.38. The van der Waals surface area contributed by atoms with Gasteiger partial charge < -0.3 is 10.6 Å². The SMILES string of the molecule is N#CC1CNC2NCC(I)C2C1. The molecule has 4 unspecified atom stereocenters. The third kappa shape index (κ3) is 1.45. The van der Waals surface area contributed by atoms with Crippen LogP contribution in [0.5, 0.6) is 0 Å². The Bertz CT molecular complexity index is 213. The predicted molar refractivity (Wildman–Crippen MR) is 54.8 cm³/mol. The molecule has 0 aromatic heterocycles. The summed E-state index contributed by atoms with van der Waals surface area (Å²) >= 11 is 2.48. The average Bonchev–Trinajstić information content (AvgIpc) is 2.47. The summed E-state index contributed by atoms with van der Waals surface area (Å²) in [5, 5.41) is 15.6. The monoisotopic (exact) mass is 277 g/mol. The van der Waals surface area contributed by atoms with Gasteiger partial charge in [0, 0.05) is 22.9 Å². The molecule has 2 N–H and O–H groups in total. The first-order valence-corrected chi connectivity index (χ1v) is 5.56. The van der Waals surface area contributed by atoms with Crippen LogP contribution in [0.3, 0.4) is 0 Å². The Kier molecular flexibility index (Phi) is 2.53. The molecule has 2 heterocycles. The Morgan fingerprint density at radius 2 is 2.08 bits per heavy atom. The number of piperidine rings is 1. The molecule has 2 fully saturated rings. The van der Waals surface area contributed by atoms with Gasteiger partial charge in [-0.05, 0) is 6.42 Å². The zero-order valence-corrected chi connectivity index (χ0v) is 8.91. The van der Waals surface area contributed by atoms with Gasteiger partial charge in [0.25, 0.3) is 0 Å². The van der Waals surface area contributed by atoms with Gasteiger partial charge >= 0.3 is 0 Å². The summed E-state index contributed by atoms with van der Waals surface area (Å²) in [6, 6.07) is 2.34. The second-order valence-electron chi connectivity index (χ2n) is 3.54. The third-order valence-electron chi connectivity index (χ3n) is 2.75. The van der Waals surface area contributed by atoms with Gasteiger partial charge in [0.05, 0.1) is 18.2 Å². The second-order valence-corrected chi connectivity index (χ2v) is 5.14. The van der Waals surface area contributed by atoms with Gasteiger partial charge in [-0.1, -0.05) is 22.6 Å². The molecule has 0 amide bonds. The van der Waals surface area contributed by atoms with Crippen LogP contribution in [0.15, 0.2) is 0 Å². The molecule has 0 spiro atoms. The molecular weight excluding hydrogens is 265 g/mol. The van der Waals surface area contributed by atoms with E-state index in [0.717, 1.165) is 19.5 Å². The van der Waals surface area contributed by atoms with Gasteiger partial charge in [-0.2, -0.15) is 5.26 Å². The highest BCUT2D eigenvalue weighted by atomic mass is 127. The molecule has 0 radical (unpaired) electrons. The van der Waals surface area contributed by atoms with Crippen LogP contribution >= 0.6 is 22.6 Å². The molecule has 4 atom stereocenters. The number of hydrogen-bond donors (Lipinski definition) is 2. The van der Waals surface area contributed by atoms with Gasteiger partial charge in [-0.25, -0.2) is 0 Å². The van der Waals surface area contributed by atoms with Crippen LogP contribution in [-0.2, 0) is 0 Å². The van der Waals surface area contributed by atoms with E-state index in [1.54, 1.807) is 0 Å². The molecule has 2 aliphatic rings. The van der Waals surface area contributed by atoms with E-state index >= 15 is 0 Å². The molecule has 3 nitrogen and oxygen atoms in total. The summed E-state index contributed by atoms with van der Waals surface area (Å²) < 4.78 is 0.691. The highest BCUT2D eigenvalue weighted by molar-refractivity contribution is 14.1. The van der Waals surface area contributed by atoms with E-state index in [0.29, 0.717) is 16.0 Å². The van der Waals surface area contributed by atoms with Gasteiger partial charge in [0.1, 0.15) is 0 Å². The van der Waals surface area contributed by atoms with Crippen molar-refractivity contribution in [3.63, 3.8) is 0 Å². The molecular formula is C8H12IN3. The van der Waals surface area contributed by atoms with E-state index in [4.69, 9.17) is 5.26 Å². The lowest BCUT2D eigenvalue weighted by atomic mass is 9.89. The molecule has 4 heteroatoms. The van der Waals surface area contributed by atoms with Crippen LogP contribution in [-0.4, -0.2) is 23.2 Å². The predicted octanol–water partition coefficient (Wildman–Crippen LogP) is 0.469. The number of nitriles is 1. The Balaban J connectivity index is 2.02. The van der Waals surface area contributed by atoms with Crippen LogP contribution in [0.1, 0.15) is 6.42 Å². The van der Waals surface area contributed by atoms with Crippen molar-refractivity contribution in [2.45, 2.75) is 16.5 Å². The van der Waals surface area contributed by atoms with Gasteiger partial charge in [0.15, 0.2) is 0 Å². The van der Waals surface area contributed by atoms with E-state index in [9.17, 15) is 0 Å². The molecule has 66 valence electrons. The lowest BCUT2D eigenvalue weighted by Crippen LogP contribution is -2.49. The summed E-state index contributed by atoms with van der Waals surface area (Å²) in [4.78, 5) is 0. The van der Waals surface area contributed by atoms with Gasteiger partial charge in [-0.3, -0.25) is 0 Å². The normalized spacial score (nSPS) is 46.7. The molecule has 0 aliphatic carbocycles. The number of nitrogens with one attached hydrogen (secondary N) is 2. The molecule has 0 bridgehead atoms. The largest absolute Gasteiger partial charge is 0.301 e. The summed E-state index contributed by atoms with van der Waals surface area (Å²) in [5.41, 5.74) is 0. The van der Waals surface area contributed by atoms with E-state index in [-0.39, 0.29) is 5.92 Å². The highest BCUT2D eigenvalue weighted by Crippen LogP contribution is 2.30. The minimum absolute atomic E-state index is 0.225. The Morgan fingerprint density at radius 1 is 1.33 bits per heavy atom. The van der Waals surface area contributed by atoms with E-state index in [2.05, 4.69) is 39.3 Å². The smallest absolute Gasteiger partial charge is 0.0669 e. The molecule has 0 aromatic carbocycles. The van der Waals surface area contributed by atoms with Crippen molar-refractivity contribution >= 4 is 22.6 Å². The number of hydrogen-bond acceptors (Lipinski definition) is 3. The molecule has 2 rings (SSSR count). The maximum atomic E-state index is 8.78. The number of nitrogens with zero attached hydrogens (tertiary/aromatic N) is 1.